The van der Waals surface area contributed by atoms with E-state index in [1.54, 1.807) is 32.0 Å². The molecule has 2 rings (SSSR count). The van der Waals surface area contributed by atoms with Gasteiger partial charge in [0, 0.05) is 18.8 Å². The van der Waals surface area contributed by atoms with Gasteiger partial charge in [0.05, 0.1) is 47.5 Å². The minimum atomic E-state index is -4.57. The molecular formula is C18H23N4O9PS. The van der Waals surface area contributed by atoms with Gasteiger partial charge in [-0.3, -0.25) is 29.8 Å². The van der Waals surface area contributed by atoms with Gasteiger partial charge in [-0.05, 0) is 32.0 Å². The van der Waals surface area contributed by atoms with Crippen LogP contribution in [0.5, 0.6) is 0 Å². The van der Waals surface area contributed by atoms with Crippen LogP contribution in [0.1, 0.15) is 19.5 Å². The smallest absolute Gasteiger partial charge is 0.309 e. The lowest BCUT2D eigenvalue weighted by Gasteiger charge is -2.24. The molecule has 0 spiro atoms. The highest BCUT2D eigenvalue weighted by molar-refractivity contribution is 7.89. The van der Waals surface area contributed by atoms with Crippen molar-refractivity contribution >= 4 is 29.0 Å². The Balaban J connectivity index is 2.52. The number of nitro benzene ring substituents is 2. The predicted octanol–water partition coefficient (Wildman–Crippen LogP) is 3.36. The van der Waals surface area contributed by atoms with E-state index in [-0.39, 0.29) is 32.5 Å². The molecule has 0 unspecified atom stereocenters. The summed E-state index contributed by atoms with van der Waals surface area (Å²) < 4.78 is 51.0. The maximum atomic E-state index is 13.4. The average molecular weight is 502 g/mol. The molecule has 2 aromatic rings. The summed E-state index contributed by atoms with van der Waals surface area (Å²) >= 11 is 0. The van der Waals surface area contributed by atoms with E-state index in [0.717, 1.165) is 16.4 Å². The molecule has 0 atom stereocenters. The van der Waals surface area contributed by atoms with Crippen molar-refractivity contribution in [1.29, 1.82) is 0 Å². The largest absolute Gasteiger partial charge is 0.331 e. The molecular weight excluding hydrogens is 479 g/mol. The van der Waals surface area contributed by atoms with Gasteiger partial charge in [0.25, 0.3) is 11.4 Å². The fourth-order valence-corrected chi connectivity index (χ4v) is 6.16. The molecule has 13 nitrogen and oxygen atoms in total. The van der Waals surface area contributed by atoms with Crippen LogP contribution in [0.3, 0.4) is 0 Å². The van der Waals surface area contributed by atoms with Crippen LogP contribution in [0.2, 0.25) is 0 Å². The van der Waals surface area contributed by atoms with Crippen molar-refractivity contribution in [2.24, 2.45) is 0 Å². The highest BCUT2D eigenvalue weighted by atomic mass is 32.2. The molecule has 0 aliphatic rings. The Hall–Kier alpha value is -2.77. The Morgan fingerprint density at radius 1 is 1.06 bits per heavy atom. The molecule has 0 aliphatic carbocycles. The maximum Gasteiger partial charge on any atom is 0.331 e. The Kier molecular flexibility index (Phi) is 9.14. The summed E-state index contributed by atoms with van der Waals surface area (Å²) in [7, 11) is -8.21. The van der Waals surface area contributed by atoms with E-state index < -0.39 is 43.7 Å². The number of aromatic nitrogens is 1. The number of pyridine rings is 1. The molecule has 0 saturated heterocycles. The first-order valence-electron chi connectivity index (χ1n) is 9.75. The SMILES string of the molecule is CCOP(=O)(CCN(Cc1ccccn1)S(=O)(=O)c1ccc([N+](=O)[O-])cc1[N+](=O)[O-])OCC. The normalized spacial score (nSPS) is 12.1. The van der Waals surface area contributed by atoms with Gasteiger partial charge in [-0.25, -0.2) is 8.42 Å². The zero-order chi connectivity index (χ0) is 24.6. The van der Waals surface area contributed by atoms with E-state index >= 15 is 0 Å². The molecule has 0 radical (unpaired) electrons. The van der Waals surface area contributed by atoms with E-state index in [2.05, 4.69) is 4.98 Å². The van der Waals surface area contributed by atoms with Crippen LogP contribution < -0.4 is 0 Å². The number of nitrogens with zero attached hydrogens (tertiary/aromatic N) is 4. The molecule has 180 valence electrons. The first-order valence-corrected chi connectivity index (χ1v) is 12.9. The van der Waals surface area contributed by atoms with Crippen molar-refractivity contribution in [2.45, 2.75) is 25.3 Å². The Labute approximate surface area is 190 Å². The summed E-state index contributed by atoms with van der Waals surface area (Å²) in [5.74, 6) is 0. The molecule has 0 fully saturated rings. The fraction of sp³-hybridized carbons (Fsp3) is 0.389. The molecule has 0 bridgehead atoms. The van der Waals surface area contributed by atoms with Gasteiger partial charge in [0.1, 0.15) is 0 Å². The average Bonchev–Trinajstić information content (AvgIpc) is 2.77. The Morgan fingerprint density at radius 3 is 2.24 bits per heavy atom. The lowest BCUT2D eigenvalue weighted by Crippen LogP contribution is -2.34. The molecule has 1 aromatic carbocycles. The molecule has 0 aliphatic heterocycles. The van der Waals surface area contributed by atoms with Gasteiger partial charge in [0.15, 0.2) is 4.90 Å². The van der Waals surface area contributed by atoms with Crippen LogP contribution >= 0.6 is 7.60 Å². The third kappa shape index (κ3) is 6.85. The summed E-state index contributed by atoms with van der Waals surface area (Å²) in [5, 5.41) is 22.5. The number of hydrogen-bond donors (Lipinski definition) is 0. The van der Waals surface area contributed by atoms with Crippen molar-refractivity contribution < 1.29 is 31.9 Å². The second-order valence-electron chi connectivity index (χ2n) is 6.50. The molecule has 0 amide bonds. The van der Waals surface area contributed by atoms with Gasteiger partial charge < -0.3 is 9.05 Å². The number of non-ortho nitro benzene ring substituents is 1. The van der Waals surface area contributed by atoms with Gasteiger partial charge in [0.2, 0.25) is 10.0 Å². The van der Waals surface area contributed by atoms with E-state index in [9.17, 15) is 33.2 Å². The minimum Gasteiger partial charge on any atom is -0.309 e. The van der Waals surface area contributed by atoms with E-state index in [1.165, 1.54) is 6.20 Å². The highest BCUT2D eigenvalue weighted by Gasteiger charge is 2.35. The summed E-state index contributed by atoms with van der Waals surface area (Å²) in [6, 6.07) is 7.06. The molecule has 0 N–H and O–H groups in total. The number of sulfonamides is 1. The maximum absolute atomic E-state index is 13.4. The van der Waals surface area contributed by atoms with Crippen LogP contribution in [0.15, 0.2) is 47.5 Å². The van der Waals surface area contributed by atoms with Crippen LogP contribution in [0.4, 0.5) is 11.4 Å². The van der Waals surface area contributed by atoms with Crippen molar-refractivity contribution in [1.82, 2.24) is 9.29 Å². The summed E-state index contributed by atoms with van der Waals surface area (Å²) in [5.41, 5.74) is -1.25. The third-order valence-corrected chi connectivity index (χ3v) is 8.25. The van der Waals surface area contributed by atoms with Crippen molar-refractivity contribution in [3.8, 4) is 0 Å². The summed E-state index contributed by atoms with van der Waals surface area (Å²) in [6.07, 6.45) is 1.13. The fourth-order valence-electron chi connectivity index (χ4n) is 2.87. The second kappa shape index (κ2) is 11.4. The second-order valence-corrected chi connectivity index (χ2v) is 10.6. The molecule has 15 heteroatoms. The van der Waals surface area contributed by atoms with E-state index in [1.807, 2.05) is 0 Å². The highest BCUT2D eigenvalue weighted by Crippen LogP contribution is 2.48. The van der Waals surface area contributed by atoms with Gasteiger partial charge >= 0.3 is 7.60 Å². The molecule has 1 heterocycles. The third-order valence-electron chi connectivity index (χ3n) is 4.31. The molecule has 0 saturated carbocycles. The molecule has 33 heavy (non-hydrogen) atoms. The van der Waals surface area contributed by atoms with Crippen molar-refractivity contribution in [3.05, 3.63) is 68.5 Å². The Morgan fingerprint density at radius 2 is 1.73 bits per heavy atom. The molecule has 1 aromatic heterocycles. The van der Waals surface area contributed by atoms with Crippen LogP contribution in [0, 0.1) is 20.2 Å². The van der Waals surface area contributed by atoms with Crippen LogP contribution in [-0.2, 0) is 30.2 Å². The summed E-state index contributed by atoms with van der Waals surface area (Å²) in [6.45, 7) is 2.68. The number of nitro groups is 2. The van der Waals surface area contributed by atoms with Crippen LogP contribution in [-0.4, -0.2) is 53.5 Å². The van der Waals surface area contributed by atoms with E-state index in [4.69, 9.17) is 9.05 Å². The monoisotopic (exact) mass is 502 g/mol. The van der Waals surface area contributed by atoms with Crippen LogP contribution in [0.25, 0.3) is 0 Å². The lowest BCUT2D eigenvalue weighted by atomic mass is 10.3. The quantitative estimate of drug-likeness (QED) is 0.224. The van der Waals surface area contributed by atoms with Gasteiger partial charge in [-0.1, -0.05) is 6.07 Å². The number of hydrogen-bond acceptors (Lipinski definition) is 10. The number of rotatable bonds is 13. The standard InChI is InChI=1S/C18H23N4O9PS/c1-3-30-32(27,31-4-2)12-11-20(14-15-7-5-6-10-19-15)33(28,29)18-9-8-16(21(23)24)13-17(18)22(25)26/h5-10,13H,3-4,11-12,14H2,1-2H3. The van der Waals surface area contributed by atoms with Gasteiger partial charge in [-0.2, -0.15) is 4.31 Å². The first kappa shape index (κ1) is 26.5. The summed E-state index contributed by atoms with van der Waals surface area (Å²) in [4.78, 5) is 24.0. The van der Waals surface area contributed by atoms with E-state index in [0.29, 0.717) is 11.8 Å². The Bertz CT molecular complexity index is 1130. The predicted molar refractivity (Wildman–Crippen MR) is 117 cm³/mol. The van der Waals surface area contributed by atoms with Crippen molar-refractivity contribution in [2.75, 3.05) is 25.9 Å². The van der Waals surface area contributed by atoms with Crippen molar-refractivity contribution in [3.63, 3.8) is 0 Å². The zero-order valence-electron chi connectivity index (χ0n) is 17.9. The lowest BCUT2D eigenvalue weighted by molar-refractivity contribution is -0.396. The van der Waals surface area contributed by atoms with Gasteiger partial charge in [-0.15, -0.1) is 0 Å². The number of benzene rings is 1. The topological polar surface area (TPSA) is 172 Å². The zero-order valence-corrected chi connectivity index (χ0v) is 19.6. The first-order chi connectivity index (χ1) is 15.5. The minimum absolute atomic E-state index is 0.0676.